The fraction of sp³-hybridized carbons (Fsp3) is 0.190. The van der Waals surface area contributed by atoms with Crippen molar-refractivity contribution >= 4 is 28.4 Å². The van der Waals surface area contributed by atoms with Crippen LogP contribution >= 0.6 is 11.8 Å². The standard InChI is InChI=1S/C21H20N4OS/c1-14(20(26)17-13-22-18-11-7-6-10-16(17)18)27-21-24-23-19(25(21)2)12-15-8-4-3-5-9-15/h3-11,13-14,22H,12H2,1-2H3/t14-/m0/s1. The van der Waals surface area contributed by atoms with Gasteiger partial charge in [-0.2, -0.15) is 0 Å². The first-order chi connectivity index (χ1) is 13.1. The maximum absolute atomic E-state index is 12.9. The number of nitrogens with one attached hydrogen (secondary N) is 1. The van der Waals surface area contributed by atoms with Gasteiger partial charge in [-0.25, -0.2) is 0 Å². The fourth-order valence-electron chi connectivity index (χ4n) is 3.09. The van der Waals surface area contributed by atoms with Crippen LogP contribution in [0.3, 0.4) is 0 Å². The Morgan fingerprint density at radius 3 is 2.67 bits per heavy atom. The van der Waals surface area contributed by atoms with Gasteiger partial charge in [-0.3, -0.25) is 4.79 Å². The van der Waals surface area contributed by atoms with Crippen LogP contribution in [0.25, 0.3) is 10.9 Å². The van der Waals surface area contributed by atoms with Gasteiger partial charge in [-0.05, 0) is 18.6 Å². The van der Waals surface area contributed by atoms with Crippen molar-refractivity contribution in [2.45, 2.75) is 23.8 Å². The number of H-pyrrole nitrogens is 1. The molecule has 0 aliphatic rings. The number of rotatable bonds is 6. The van der Waals surface area contributed by atoms with E-state index in [-0.39, 0.29) is 11.0 Å². The normalized spacial score (nSPS) is 12.4. The summed E-state index contributed by atoms with van der Waals surface area (Å²) in [7, 11) is 1.95. The van der Waals surface area contributed by atoms with Crippen molar-refractivity contribution in [3.63, 3.8) is 0 Å². The van der Waals surface area contributed by atoms with Crippen LogP contribution in [0, 0.1) is 0 Å². The summed E-state index contributed by atoms with van der Waals surface area (Å²) in [6.45, 7) is 1.92. The minimum Gasteiger partial charge on any atom is -0.360 e. The van der Waals surface area contributed by atoms with Crippen molar-refractivity contribution in [1.29, 1.82) is 0 Å². The Bertz CT molecular complexity index is 1080. The largest absolute Gasteiger partial charge is 0.360 e. The molecular weight excluding hydrogens is 356 g/mol. The molecular formula is C21H20N4OS. The number of nitrogens with zero attached hydrogens (tertiary/aromatic N) is 3. The number of para-hydroxylation sites is 1. The third-order valence-corrected chi connectivity index (χ3v) is 5.77. The number of thioether (sulfide) groups is 1. The van der Waals surface area contributed by atoms with Gasteiger partial charge in [-0.1, -0.05) is 60.3 Å². The Morgan fingerprint density at radius 1 is 1.11 bits per heavy atom. The molecule has 0 saturated heterocycles. The Hall–Kier alpha value is -2.86. The predicted molar refractivity (Wildman–Crippen MR) is 108 cm³/mol. The van der Waals surface area contributed by atoms with Crippen LogP contribution in [-0.4, -0.2) is 30.8 Å². The zero-order valence-corrected chi connectivity index (χ0v) is 16.0. The third kappa shape index (κ3) is 3.53. The quantitative estimate of drug-likeness (QED) is 0.404. The summed E-state index contributed by atoms with van der Waals surface area (Å²) in [5.74, 6) is 0.973. The molecule has 0 amide bonds. The Balaban J connectivity index is 1.51. The van der Waals surface area contributed by atoms with Gasteiger partial charge >= 0.3 is 0 Å². The second-order valence-corrected chi connectivity index (χ2v) is 7.80. The highest BCUT2D eigenvalue weighted by molar-refractivity contribution is 8.00. The molecule has 1 N–H and O–H groups in total. The lowest BCUT2D eigenvalue weighted by atomic mass is 10.1. The Labute approximate surface area is 161 Å². The molecule has 27 heavy (non-hydrogen) atoms. The summed E-state index contributed by atoms with van der Waals surface area (Å²) < 4.78 is 1.97. The average molecular weight is 376 g/mol. The minimum atomic E-state index is -0.253. The molecule has 4 aromatic rings. The lowest BCUT2D eigenvalue weighted by Gasteiger charge is -2.09. The van der Waals surface area contributed by atoms with Gasteiger partial charge in [0.1, 0.15) is 5.82 Å². The number of ketones is 1. The predicted octanol–water partition coefficient (Wildman–Crippen LogP) is 4.25. The first-order valence-electron chi connectivity index (χ1n) is 8.82. The Kier molecular flexibility index (Phi) is 4.81. The second-order valence-electron chi connectivity index (χ2n) is 6.49. The monoisotopic (exact) mass is 376 g/mol. The van der Waals surface area contributed by atoms with Gasteiger partial charge in [0.15, 0.2) is 10.9 Å². The molecule has 4 rings (SSSR count). The van der Waals surface area contributed by atoms with E-state index in [1.165, 1.54) is 17.3 Å². The maximum Gasteiger partial charge on any atom is 0.191 e. The number of benzene rings is 2. The molecule has 2 aromatic heterocycles. The van der Waals surface area contributed by atoms with E-state index in [2.05, 4.69) is 27.3 Å². The summed E-state index contributed by atoms with van der Waals surface area (Å²) in [5.41, 5.74) is 2.88. The van der Waals surface area contributed by atoms with Crippen LogP contribution in [0.15, 0.2) is 66.0 Å². The van der Waals surface area contributed by atoms with Crippen molar-refractivity contribution in [3.8, 4) is 0 Å². The third-order valence-electron chi connectivity index (χ3n) is 4.64. The summed E-state index contributed by atoms with van der Waals surface area (Å²) in [5, 5.41) is 10.1. The van der Waals surface area contributed by atoms with Crippen LogP contribution in [0.4, 0.5) is 0 Å². The summed E-state index contributed by atoms with van der Waals surface area (Å²) in [6, 6.07) is 18.0. The van der Waals surface area contributed by atoms with E-state index in [9.17, 15) is 4.79 Å². The van der Waals surface area contributed by atoms with E-state index in [0.717, 1.165) is 33.9 Å². The van der Waals surface area contributed by atoms with Gasteiger partial charge in [0, 0.05) is 36.1 Å². The zero-order valence-electron chi connectivity index (χ0n) is 15.2. The number of hydrogen-bond acceptors (Lipinski definition) is 4. The molecule has 0 bridgehead atoms. The summed E-state index contributed by atoms with van der Waals surface area (Å²) in [4.78, 5) is 16.1. The highest BCUT2D eigenvalue weighted by atomic mass is 32.2. The van der Waals surface area contributed by atoms with Crippen LogP contribution in [0.2, 0.25) is 0 Å². The lowest BCUT2D eigenvalue weighted by molar-refractivity contribution is 0.0995. The van der Waals surface area contributed by atoms with Crippen molar-refractivity contribution in [2.24, 2.45) is 7.05 Å². The van der Waals surface area contributed by atoms with Gasteiger partial charge in [0.25, 0.3) is 0 Å². The van der Waals surface area contributed by atoms with Crippen molar-refractivity contribution in [1.82, 2.24) is 19.7 Å². The molecule has 0 aliphatic heterocycles. The fourth-order valence-corrected chi connectivity index (χ4v) is 3.99. The number of aromatic amines is 1. The van der Waals surface area contributed by atoms with Crippen LogP contribution in [-0.2, 0) is 13.5 Å². The zero-order chi connectivity index (χ0) is 18.8. The van der Waals surface area contributed by atoms with E-state index in [4.69, 9.17) is 0 Å². The molecule has 0 spiro atoms. The molecule has 2 heterocycles. The van der Waals surface area contributed by atoms with E-state index in [1.54, 1.807) is 6.20 Å². The van der Waals surface area contributed by atoms with Crippen molar-refractivity contribution < 1.29 is 4.79 Å². The number of fused-ring (bicyclic) bond motifs is 1. The van der Waals surface area contributed by atoms with E-state index in [0.29, 0.717) is 0 Å². The molecule has 0 radical (unpaired) electrons. The van der Waals surface area contributed by atoms with Crippen molar-refractivity contribution in [2.75, 3.05) is 0 Å². The number of carbonyl (C=O) groups is 1. The molecule has 5 nitrogen and oxygen atoms in total. The van der Waals surface area contributed by atoms with Gasteiger partial charge < -0.3 is 9.55 Å². The molecule has 0 unspecified atom stereocenters. The first kappa shape index (κ1) is 17.5. The smallest absolute Gasteiger partial charge is 0.191 e. The molecule has 136 valence electrons. The molecule has 2 aromatic carbocycles. The SMILES string of the molecule is C[C@H](Sc1nnc(Cc2ccccc2)n1C)C(=O)c1c[nH]c2ccccc12. The minimum absolute atomic E-state index is 0.0880. The second kappa shape index (κ2) is 7.40. The summed E-state index contributed by atoms with van der Waals surface area (Å²) >= 11 is 1.44. The molecule has 6 heteroatoms. The van der Waals surface area contributed by atoms with Gasteiger partial charge in [0.2, 0.25) is 0 Å². The number of aromatic nitrogens is 4. The van der Waals surface area contributed by atoms with Gasteiger partial charge in [-0.15, -0.1) is 10.2 Å². The van der Waals surface area contributed by atoms with Crippen molar-refractivity contribution in [3.05, 3.63) is 77.7 Å². The average Bonchev–Trinajstić information content (AvgIpc) is 3.27. The van der Waals surface area contributed by atoms with E-state index < -0.39 is 0 Å². The molecule has 0 fully saturated rings. The number of Topliss-reactive ketones (excluding diaryl/α,β-unsaturated/α-hetero) is 1. The van der Waals surface area contributed by atoms with Crippen LogP contribution in [0.5, 0.6) is 0 Å². The first-order valence-corrected chi connectivity index (χ1v) is 9.70. The number of carbonyl (C=O) groups excluding carboxylic acids is 1. The Morgan fingerprint density at radius 2 is 1.85 bits per heavy atom. The van der Waals surface area contributed by atoms with E-state index >= 15 is 0 Å². The maximum atomic E-state index is 12.9. The highest BCUT2D eigenvalue weighted by Gasteiger charge is 2.22. The number of hydrogen-bond donors (Lipinski definition) is 1. The van der Waals surface area contributed by atoms with Gasteiger partial charge in [0.05, 0.1) is 5.25 Å². The van der Waals surface area contributed by atoms with Crippen LogP contribution in [0.1, 0.15) is 28.7 Å². The highest BCUT2D eigenvalue weighted by Crippen LogP contribution is 2.27. The summed E-state index contributed by atoms with van der Waals surface area (Å²) in [6.07, 6.45) is 2.51. The molecule has 1 atom stereocenters. The lowest BCUT2D eigenvalue weighted by Crippen LogP contribution is -2.14. The molecule has 0 aliphatic carbocycles. The van der Waals surface area contributed by atoms with E-state index in [1.807, 2.05) is 61.0 Å². The molecule has 0 saturated carbocycles. The topological polar surface area (TPSA) is 63.6 Å². The van der Waals surface area contributed by atoms with Crippen LogP contribution < -0.4 is 0 Å².